The number of aromatic nitrogens is 2. The summed E-state index contributed by atoms with van der Waals surface area (Å²) in [5.74, 6) is 0.354. The quantitative estimate of drug-likeness (QED) is 0.424. The molecule has 1 saturated heterocycles. The number of carbonyl (C=O) groups excluding carboxylic acids is 2. The van der Waals surface area contributed by atoms with Crippen molar-refractivity contribution in [3.63, 3.8) is 0 Å². The van der Waals surface area contributed by atoms with Crippen LogP contribution in [0.1, 0.15) is 6.42 Å². The molecule has 0 radical (unpaired) electrons. The van der Waals surface area contributed by atoms with Gasteiger partial charge in [0.2, 0.25) is 11.8 Å². The molecule has 0 bridgehead atoms. The van der Waals surface area contributed by atoms with Crippen LogP contribution in [-0.2, 0) is 9.59 Å². The fraction of sp³-hybridized carbons (Fsp3) is 0.304. The maximum absolute atomic E-state index is 12.8. The Hall–Kier alpha value is -2.75. The third-order valence-electron chi connectivity index (χ3n) is 5.10. The summed E-state index contributed by atoms with van der Waals surface area (Å²) in [7, 11) is 0. The Labute approximate surface area is 195 Å². The first-order chi connectivity index (χ1) is 15.7. The van der Waals surface area contributed by atoms with Crippen LogP contribution in [0.5, 0.6) is 0 Å². The molecule has 1 fully saturated rings. The molecule has 2 aromatic heterocycles. The number of hydrogen-bond acceptors (Lipinski definition) is 7. The first-order valence-corrected chi connectivity index (χ1v) is 12.4. The summed E-state index contributed by atoms with van der Waals surface area (Å²) in [6, 6.07) is 15.4. The lowest BCUT2D eigenvalue weighted by atomic mass is 10.3. The Morgan fingerprint density at radius 2 is 1.91 bits per heavy atom. The van der Waals surface area contributed by atoms with Crippen molar-refractivity contribution in [3.8, 4) is 10.6 Å². The van der Waals surface area contributed by atoms with Crippen LogP contribution in [0, 0.1) is 0 Å². The van der Waals surface area contributed by atoms with E-state index in [0.717, 1.165) is 29.2 Å². The zero-order chi connectivity index (χ0) is 22.2. The maximum atomic E-state index is 12.8. The van der Waals surface area contributed by atoms with E-state index in [-0.39, 0.29) is 11.8 Å². The number of nitrogens with zero attached hydrogens (tertiary/aromatic N) is 4. The van der Waals surface area contributed by atoms with Gasteiger partial charge in [-0.15, -0.1) is 11.3 Å². The van der Waals surface area contributed by atoms with Crippen molar-refractivity contribution in [2.45, 2.75) is 11.6 Å². The molecule has 4 rings (SSSR count). The van der Waals surface area contributed by atoms with Crippen molar-refractivity contribution in [1.82, 2.24) is 19.8 Å². The van der Waals surface area contributed by atoms with E-state index in [0.29, 0.717) is 37.1 Å². The van der Waals surface area contributed by atoms with Gasteiger partial charge >= 0.3 is 0 Å². The lowest BCUT2D eigenvalue weighted by Crippen LogP contribution is -2.38. The van der Waals surface area contributed by atoms with E-state index >= 15 is 0 Å². The Morgan fingerprint density at radius 1 is 1.03 bits per heavy atom. The summed E-state index contributed by atoms with van der Waals surface area (Å²) in [6.45, 7) is 3.13. The van der Waals surface area contributed by atoms with Crippen LogP contribution in [0.4, 0.5) is 5.69 Å². The zero-order valence-corrected chi connectivity index (χ0v) is 19.3. The molecule has 0 spiro atoms. The molecule has 1 aliphatic rings. The number of carbonyl (C=O) groups is 2. The lowest BCUT2D eigenvalue weighted by Gasteiger charge is -2.21. The molecule has 1 N–H and O–H groups in total. The Balaban J connectivity index is 1.24. The van der Waals surface area contributed by atoms with E-state index in [2.05, 4.69) is 20.2 Å². The highest BCUT2D eigenvalue weighted by molar-refractivity contribution is 7.99. The second-order valence-electron chi connectivity index (χ2n) is 7.42. The topological polar surface area (TPSA) is 78.4 Å². The van der Waals surface area contributed by atoms with Gasteiger partial charge in [0.1, 0.15) is 0 Å². The van der Waals surface area contributed by atoms with Gasteiger partial charge in [0.05, 0.1) is 22.9 Å². The van der Waals surface area contributed by atoms with Crippen LogP contribution in [0.2, 0.25) is 0 Å². The Kier molecular flexibility index (Phi) is 7.87. The van der Waals surface area contributed by atoms with Gasteiger partial charge < -0.3 is 10.2 Å². The molecule has 0 saturated carbocycles. The predicted octanol–water partition coefficient (Wildman–Crippen LogP) is 3.47. The van der Waals surface area contributed by atoms with Crippen molar-refractivity contribution in [2.24, 2.45) is 0 Å². The zero-order valence-electron chi connectivity index (χ0n) is 17.6. The third-order valence-corrected chi connectivity index (χ3v) is 6.84. The minimum atomic E-state index is -0.0331. The number of nitrogens with one attached hydrogen (secondary N) is 1. The molecule has 0 unspecified atom stereocenters. The Morgan fingerprint density at radius 3 is 2.72 bits per heavy atom. The van der Waals surface area contributed by atoms with Crippen molar-refractivity contribution in [3.05, 3.63) is 60.1 Å². The van der Waals surface area contributed by atoms with Crippen LogP contribution in [-0.4, -0.2) is 70.1 Å². The number of para-hydroxylation sites is 1. The van der Waals surface area contributed by atoms with Crippen molar-refractivity contribution < 1.29 is 9.59 Å². The third kappa shape index (κ3) is 6.38. The molecule has 9 heteroatoms. The second kappa shape index (κ2) is 11.2. The van der Waals surface area contributed by atoms with Gasteiger partial charge in [0, 0.05) is 38.1 Å². The van der Waals surface area contributed by atoms with Crippen LogP contribution in [0.25, 0.3) is 10.6 Å². The highest BCUT2D eigenvalue weighted by Crippen LogP contribution is 2.24. The second-order valence-corrected chi connectivity index (χ2v) is 9.31. The molecule has 0 aliphatic carbocycles. The summed E-state index contributed by atoms with van der Waals surface area (Å²) >= 11 is 3.00. The number of rotatable bonds is 7. The van der Waals surface area contributed by atoms with E-state index in [1.54, 1.807) is 17.5 Å². The van der Waals surface area contributed by atoms with Gasteiger partial charge in [-0.1, -0.05) is 36.0 Å². The molecular weight excluding hydrogens is 442 g/mol. The number of hydrogen-bond donors (Lipinski definition) is 1. The smallest absolute Gasteiger partial charge is 0.238 e. The SMILES string of the molecule is O=C(CN1CCCN(C(=O)CSc2nccc(-c3cccs3)n2)CC1)Nc1ccccc1. The molecule has 2 amide bonds. The molecule has 1 aliphatic heterocycles. The normalized spacial score (nSPS) is 14.7. The highest BCUT2D eigenvalue weighted by Gasteiger charge is 2.21. The summed E-state index contributed by atoms with van der Waals surface area (Å²) in [6.07, 6.45) is 2.58. The van der Waals surface area contributed by atoms with Crippen molar-refractivity contribution >= 4 is 40.6 Å². The fourth-order valence-electron chi connectivity index (χ4n) is 3.49. The molecular formula is C23H25N5O2S2. The van der Waals surface area contributed by atoms with Gasteiger partial charge in [-0.05, 0) is 36.1 Å². The highest BCUT2D eigenvalue weighted by atomic mass is 32.2. The molecule has 7 nitrogen and oxygen atoms in total. The number of thiophene rings is 1. The Bertz CT molecular complexity index is 1030. The first-order valence-electron chi connectivity index (χ1n) is 10.5. The van der Waals surface area contributed by atoms with E-state index in [4.69, 9.17) is 0 Å². The van der Waals surface area contributed by atoms with Gasteiger partial charge in [-0.3, -0.25) is 14.5 Å². The van der Waals surface area contributed by atoms with Gasteiger partial charge in [0.25, 0.3) is 0 Å². The molecule has 0 atom stereocenters. The predicted molar refractivity (Wildman–Crippen MR) is 129 cm³/mol. The minimum absolute atomic E-state index is 0.0331. The number of thioether (sulfide) groups is 1. The molecule has 1 aromatic carbocycles. The monoisotopic (exact) mass is 467 g/mol. The van der Waals surface area contributed by atoms with Gasteiger partial charge in [-0.25, -0.2) is 9.97 Å². The van der Waals surface area contributed by atoms with E-state index in [1.807, 2.05) is 58.8 Å². The lowest BCUT2D eigenvalue weighted by molar-refractivity contribution is -0.128. The first kappa shape index (κ1) is 22.4. The summed E-state index contributed by atoms with van der Waals surface area (Å²) in [4.78, 5) is 39.0. The number of benzene rings is 1. The van der Waals surface area contributed by atoms with Gasteiger partial charge in [-0.2, -0.15) is 0 Å². The van der Waals surface area contributed by atoms with Crippen LogP contribution in [0.3, 0.4) is 0 Å². The van der Waals surface area contributed by atoms with Crippen LogP contribution >= 0.6 is 23.1 Å². The maximum Gasteiger partial charge on any atom is 0.238 e. The molecule has 166 valence electrons. The summed E-state index contributed by atoms with van der Waals surface area (Å²) in [5, 5.41) is 5.54. The standard InChI is InChI=1S/C23H25N5O2S2/c29-21(25-18-6-2-1-3-7-18)16-27-11-5-12-28(14-13-27)22(30)17-32-23-24-10-9-19(26-23)20-8-4-15-31-20/h1-4,6-10,15H,5,11-14,16-17H2,(H,25,29). The molecule has 3 aromatic rings. The number of anilines is 1. The number of amides is 2. The molecule has 32 heavy (non-hydrogen) atoms. The van der Waals surface area contributed by atoms with Crippen LogP contribution < -0.4 is 5.32 Å². The van der Waals surface area contributed by atoms with Gasteiger partial charge in [0.15, 0.2) is 5.16 Å². The van der Waals surface area contributed by atoms with Crippen molar-refractivity contribution in [1.29, 1.82) is 0 Å². The van der Waals surface area contributed by atoms with Crippen molar-refractivity contribution in [2.75, 3.05) is 43.8 Å². The van der Waals surface area contributed by atoms with E-state index < -0.39 is 0 Å². The molecule has 3 heterocycles. The fourth-order valence-corrected chi connectivity index (χ4v) is 4.92. The summed E-state index contributed by atoms with van der Waals surface area (Å²) < 4.78 is 0. The summed E-state index contributed by atoms with van der Waals surface area (Å²) in [5.41, 5.74) is 1.68. The van der Waals surface area contributed by atoms with E-state index in [1.165, 1.54) is 11.8 Å². The average molecular weight is 468 g/mol. The average Bonchev–Trinajstić information content (AvgIpc) is 3.26. The largest absolute Gasteiger partial charge is 0.341 e. The van der Waals surface area contributed by atoms with Crippen LogP contribution in [0.15, 0.2) is 65.3 Å². The minimum Gasteiger partial charge on any atom is -0.341 e. The van der Waals surface area contributed by atoms with E-state index in [9.17, 15) is 9.59 Å².